The van der Waals surface area contributed by atoms with Crippen molar-refractivity contribution >= 4 is 11.8 Å². The maximum atomic E-state index is 4.98. The van der Waals surface area contributed by atoms with Crippen LogP contribution in [0.2, 0.25) is 0 Å². The van der Waals surface area contributed by atoms with E-state index in [2.05, 4.69) is 34.2 Å². The van der Waals surface area contributed by atoms with Crippen LogP contribution in [0.15, 0.2) is 29.4 Å². The fourth-order valence-corrected chi connectivity index (χ4v) is 2.07. The van der Waals surface area contributed by atoms with Gasteiger partial charge in [-0.05, 0) is 6.92 Å². The van der Waals surface area contributed by atoms with Crippen molar-refractivity contribution in [2.24, 2.45) is 0 Å². The van der Waals surface area contributed by atoms with Crippen molar-refractivity contribution in [3.05, 3.63) is 29.8 Å². The molecule has 1 heterocycles. The first-order valence-electron chi connectivity index (χ1n) is 5.41. The quantitative estimate of drug-likeness (QED) is 0.653. The molecule has 0 saturated heterocycles. The lowest BCUT2D eigenvalue weighted by atomic mass is 10.1. The number of ether oxygens (including phenoxy) is 1. The SMILES string of the molecule is COCCSc1n[nH]c(-c2ccc(C)cc2)n1. The topological polar surface area (TPSA) is 50.8 Å². The highest BCUT2D eigenvalue weighted by molar-refractivity contribution is 7.99. The number of hydrogen-bond donors (Lipinski definition) is 1. The molecule has 0 aliphatic carbocycles. The minimum atomic E-state index is 0.707. The van der Waals surface area contributed by atoms with Crippen LogP contribution >= 0.6 is 11.8 Å². The van der Waals surface area contributed by atoms with E-state index in [9.17, 15) is 0 Å². The van der Waals surface area contributed by atoms with Gasteiger partial charge in [0.05, 0.1) is 6.61 Å². The zero-order valence-electron chi connectivity index (χ0n) is 9.93. The van der Waals surface area contributed by atoms with E-state index in [0.29, 0.717) is 6.61 Å². The number of nitrogens with one attached hydrogen (secondary N) is 1. The summed E-state index contributed by atoms with van der Waals surface area (Å²) in [6.07, 6.45) is 0. The highest BCUT2D eigenvalue weighted by Crippen LogP contribution is 2.19. The third kappa shape index (κ3) is 3.31. The second-order valence-corrected chi connectivity index (χ2v) is 4.74. The standard InChI is InChI=1S/C12H15N3OS/c1-9-3-5-10(6-4-9)11-13-12(15-14-11)17-8-7-16-2/h3-6H,7-8H2,1-2H3,(H,13,14,15). The van der Waals surface area contributed by atoms with E-state index in [-0.39, 0.29) is 0 Å². The highest BCUT2D eigenvalue weighted by Gasteiger charge is 2.05. The van der Waals surface area contributed by atoms with Gasteiger partial charge < -0.3 is 4.74 Å². The molecule has 1 aromatic heterocycles. The van der Waals surface area contributed by atoms with Crippen LogP contribution in [0.25, 0.3) is 11.4 Å². The maximum absolute atomic E-state index is 4.98. The fraction of sp³-hybridized carbons (Fsp3) is 0.333. The normalized spacial score (nSPS) is 10.7. The van der Waals surface area contributed by atoms with Crippen molar-refractivity contribution in [1.29, 1.82) is 0 Å². The Bertz CT molecular complexity index is 467. The van der Waals surface area contributed by atoms with Crippen molar-refractivity contribution < 1.29 is 4.74 Å². The van der Waals surface area contributed by atoms with Crippen LogP contribution in [-0.4, -0.2) is 34.7 Å². The molecular weight excluding hydrogens is 234 g/mol. The van der Waals surface area contributed by atoms with Crippen molar-refractivity contribution in [2.75, 3.05) is 19.5 Å². The summed E-state index contributed by atoms with van der Waals surface area (Å²) in [6, 6.07) is 8.21. The largest absolute Gasteiger partial charge is 0.384 e. The van der Waals surface area contributed by atoms with Gasteiger partial charge >= 0.3 is 0 Å². The minimum absolute atomic E-state index is 0.707. The summed E-state index contributed by atoms with van der Waals surface area (Å²) < 4.78 is 4.98. The zero-order chi connectivity index (χ0) is 12.1. The van der Waals surface area contributed by atoms with Gasteiger partial charge in [0.25, 0.3) is 0 Å². The van der Waals surface area contributed by atoms with Crippen LogP contribution < -0.4 is 0 Å². The molecular formula is C12H15N3OS. The van der Waals surface area contributed by atoms with Gasteiger partial charge in [0, 0.05) is 18.4 Å². The number of nitrogens with zero attached hydrogens (tertiary/aromatic N) is 2. The fourth-order valence-electron chi connectivity index (χ4n) is 1.37. The predicted octanol–water partition coefficient (Wildman–Crippen LogP) is 2.52. The molecule has 0 atom stereocenters. The summed E-state index contributed by atoms with van der Waals surface area (Å²) in [5.41, 5.74) is 2.30. The van der Waals surface area contributed by atoms with Gasteiger partial charge in [0.1, 0.15) is 0 Å². The van der Waals surface area contributed by atoms with E-state index < -0.39 is 0 Å². The van der Waals surface area contributed by atoms with E-state index in [1.165, 1.54) is 5.56 Å². The molecule has 0 radical (unpaired) electrons. The van der Waals surface area contributed by atoms with Gasteiger partial charge in [-0.15, -0.1) is 5.10 Å². The van der Waals surface area contributed by atoms with Crippen LogP contribution in [-0.2, 0) is 4.74 Å². The summed E-state index contributed by atoms with van der Waals surface area (Å²) in [5, 5.41) is 7.87. The minimum Gasteiger partial charge on any atom is -0.384 e. The van der Waals surface area contributed by atoms with Crippen molar-refractivity contribution in [1.82, 2.24) is 15.2 Å². The number of aromatic nitrogens is 3. The molecule has 2 aromatic rings. The molecule has 0 spiro atoms. The molecule has 0 saturated carbocycles. The van der Waals surface area contributed by atoms with E-state index in [4.69, 9.17) is 4.74 Å². The van der Waals surface area contributed by atoms with E-state index >= 15 is 0 Å². The van der Waals surface area contributed by atoms with Crippen LogP contribution in [0.1, 0.15) is 5.56 Å². The number of benzene rings is 1. The van der Waals surface area contributed by atoms with Gasteiger partial charge in [-0.2, -0.15) is 0 Å². The summed E-state index contributed by atoms with van der Waals surface area (Å²) in [6.45, 7) is 2.77. The highest BCUT2D eigenvalue weighted by atomic mass is 32.2. The zero-order valence-corrected chi connectivity index (χ0v) is 10.8. The molecule has 17 heavy (non-hydrogen) atoms. The summed E-state index contributed by atoms with van der Waals surface area (Å²) >= 11 is 1.59. The Morgan fingerprint density at radius 1 is 1.29 bits per heavy atom. The number of aromatic amines is 1. The molecule has 4 nitrogen and oxygen atoms in total. The molecule has 0 aliphatic rings. The molecule has 0 unspecified atom stereocenters. The molecule has 0 aliphatic heterocycles. The number of hydrogen-bond acceptors (Lipinski definition) is 4. The molecule has 2 rings (SSSR count). The number of rotatable bonds is 5. The first-order chi connectivity index (χ1) is 8.29. The lowest BCUT2D eigenvalue weighted by molar-refractivity contribution is 0.218. The number of methoxy groups -OCH3 is 1. The van der Waals surface area contributed by atoms with E-state index in [1.807, 2.05) is 12.1 Å². The Morgan fingerprint density at radius 2 is 2.06 bits per heavy atom. The van der Waals surface area contributed by atoms with Crippen LogP contribution in [0, 0.1) is 6.92 Å². The molecule has 5 heteroatoms. The average Bonchev–Trinajstić information content (AvgIpc) is 2.79. The number of thioether (sulfide) groups is 1. The van der Waals surface area contributed by atoms with Gasteiger partial charge in [0.2, 0.25) is 5.16 Å². The van der Waals surface area contributed by atoms with Gasteiger partial charge in [-0.1, -0.05) is 41.6 Å². The monoisotopic (exact) mass is 249 g/mol. The smallest absolute Gasteiger partial charge is 0.208 e. The predicted molar refractivity (Wildman–Crippen MR) is 69.2 cm³/mol. The Labute approximate surface area is 105 Å². The van der Waals surface area contributed by atoms with Crippen LogP contribution in [0.4, 0.5) is 0 Å². The molecule has 1 N–H and O–H groups in total. The average molecular weight is 249 g/mol. The van der Waals surface area contributed by atoms with E-state index in [1.54, 1.807) is 18.9 Å². The second-order valence-electron chi connectivity index (χ2n) is 3.67. The lowest BCUT2D eigenvalue weighted by Crippen LogP contribution is -1.91. The summed E-state index contributed by atoms with van der Waals surface area (Å²) in [4.78, 5) is 4.42. The van der Waals surface area contributed by atoms with E-state index in [0.717, 1.165) is 22.3 Å². The Balaban J connectivity index is 2.04. The molecule has 90 valence electrons. The van der Waals surface area contributed by atoms with Gasteiger partial charge in [0.15, 0.2) is 5.82 Å². The Hall–Kier alpha value is -1.33. The van der Waals surface area contributed by atoms with Crippen molar-refractivity contribution in [2.45, 2.75) is 12.1 Å². The molecule has 0 bridgehead atoms. The van der Waals surface area contributed by atoms with Crippen LogP contribution in [0.5, 0.6) is 0 Å². The van der Waals surface area contributed by atoms with Crippen molar-refractivity contribution in [3.63, 3.8) is 0 Å². The summed E-state index contributed by atoms with van der Waals surface area (Å²) in [7, 11) is 1.69. The Morgan fingerprint density at radius 3 is 2.76 bits per heavy atom. The molecule has 1 aromatic carbocycles. The lowest BCUT2D eigenvalue weighted by Gasteiger charge is -1.96. The summed E-state index contributed by atoms with van der Waals surface area (Å²) in [5.74, 6) is 1.67. The number of aryl methyl sites for hydroxylation is 1. The van der Waals surface area contributed by atoms with Crippen molar-refractivity contribution in [3.8, 4) is 11.4 Å². The third-order valence-electron chi connectivity index (χ3n) is 2.31. The molecule has 0 amide bonds. The van der Waals surface area contributed by atoms with Crippen LogP contribution in [0.3, 0.4) is 0 Å². The first kappa shape index (κ1) is 12.1. The Kier molecular flexibility index (Phi) is 4.17. The molecule has 0 fully saturated rings. The second kappa shape index (κ2) is 5.84. The third-order valence-corrected chi connectivity index (χ3v) is 3.12. The maximum Gasteiger partial charge on any atom is 0.208 e. The number of H-pyrrole nitrogens is 1. The van der Waals surface area contributed by atoms with Gasteiger partial charge in [-0.25, -0.2) is 4.98 Å². The first-order valence-corrected chi connectivity index (χ1v) is 6.39. The van der Waals surface area contributed by atoms with Gasteiger partial charge in [-0.3, -0.25) is 5.10 Å².